The van der Waals surface area contributed by atoms with Gasteiger partial charge in [0.2, 0.25) is 0 Å². The Hall–Kier alpha value is -0.870. The van der Waals surface area contributed by atoms with Crippen molar-refractivity contribution in [3.8, 4) is 0 Å². The molecule has 1 aliphatic rings. The van der Waals surface area contributed by atoms with Crippen molar-refractivity contribution in [3.63, 3.8) is 0 Å². The molecule has 0 saturated carbocycles. The van der Waals surface area contributed by atoms with Crippen LogP contribution in [0.5, 0.6) is 0 Å². The topological polar surface area (TPSA) is 41.3 Å². The minimum Gasteiger partial charge on any atom is -0.360 e. The summed E-state index contributed by atoms with van der Waals surface area (Å²) in [5, 5.41) is 7.55. The first kappa shape index (κ1) is 12.6. The molecule has 96 valence electrons. The molecule has 0 bridgehead atoms. The van der Waals surface area contributed by atoms with Gasteiger partial charge in [0.25, 0.3) is 0 Å². The molecular formula is C13H23N3O. The van der Waals surface area contributed by atoms with E-state index in [0.29, 0.717) is 12.1 Å². The minimum absolute atomic E-state index is 0.562. The van der Waals surface area contributed by atoms with Crippen LogP contribution in [-0.4, -0.2) is 35.2 Å². The van der Waals surface area contributed by atoms with Crippen LogP contribution >= 0.6 is 0 Å². The normalized spacial score (nSPS) is 22.2. The molecule has 1 unspecified atom stereocenters. The lowest BCUT2D eigenvalue weighted by Crippen LogP contribution is -2.47. The fourth-order valence-corrected chi connectivity index (χ4v) is 2.52. The van der Waals surface area contributed by atoms with Gasteiger partial charge in [0.15, 0.2) is 5.76 Å². The number of nitrogens with zero attached hydrogens (tertiary/aromatic N) is 2. The Labute approximate surface area is 103 Å². The van der Waals surface area contributed by atoms with Gasteiger partial charge >= 0.3 is 0 Å². The molecule has 0 radical (unpaired) electrons. The lowest BCUT2D eigenvalue weighted by molar-refractivity contribution is 0.163. The predicted molar refractivity (Wildman–Crippen MR) is 67.8 cm³/mol. The number of likely N-dealkylation sites (tertiary alicyclic amines) is 1. The van der Waals surface area contributed by atoms with E-state index in [-0.39, 0.29) is 0 Å². The van der Waals surface area contributed by atoms with Crippen LogP contribution in [0.4, 0.5) is 0 Å². The summed E-state index contributed by atoms with van der Waals surface area (Å²) in [5.74, 6) is 0.979. The lowest BCUT2D eigenvalue weighted by Gasteiger charge is -2.33. The molecule has 2 heterocycles. The third-order valence-electron chi connectivity index (χ3n) is 3.13. The fraction of sp³-hybridized carbons (Fsp3) is 0.769. The summed E-state index contributed by atoms with van der Waals surface area (Å²) in [6.45, 7) is 9.54. The number of aromatic nitrogens is 1. The van der Waals surface area contributed by atoms with Crippen molar-refractivity contribution in [1.82, 2.24) is 15.4 Å². The quantitative estimate of drug-likeness (QED) is 0.869. The van der Waals surface area contributed by atoms with Crippen molar-refractivity contribution in [2.45, 2.75) is 52.2 Å². The second-order valence-corrected chi connectivity index (χ2v) is 5.33. The third kappa shape index (κ3) is 3.82. The molecule has 2 rings (SSSR count). The van der Waals surface area contributed by atoms with Gasteiger partial charge in [-0.25, -0.2) is 0 Å². The molecule has 1 aromatic rings. The SMILES string of the molecule is Cc1cc(CN2CCCC(NC(C)C)C2)on1. The van der Waals surface area contributed by atoms with Gasteiger partial charge in [-0.15, -0.1) is 0 Å². The zero-order valence-electron chi connectivity index (χ0n) is 11.1. The first-order chi connectivity index (χ1) is 8.13. The van der Waals surface area contributed by atoms with Crippen molar-refractivity contribution in [2.24, 2.45) is 0 Å². The number of nitrogens with one attached hydrogen (secondary N) is 1. The van der Waals surface area contributed by atoms with Crippen LogP contribution in [0.25, 0.3) is 0 Å². The third-order valence-corrected chi connectivity index (χ3v) is 3.13. The highest BCUT2D eigenvalue weighted by Crippen LogP contribution is 2.14. The molecule has 1 saturated heterocycles. The first-order valence-electron chi connectivity index (χ1n) is 6.54. The largest absolute Gasteiger partial charge is 0.360 e. The molecule has 0 amide bonds. The van der Waals surface area contributed by atoms with Crippen molar-refractivity contribution < 1.29 is 4.52 Å². The summed E-state index contributed by atoms with van der Waals surface area (Å²) in [7, 11) is 0. The van der Waals surface area contributed by atoms with Crippen LogP contribution in [0.15, 0.2) is 10.6 Å². The van der Waals surface area contributed by atoms with Crippen LogP contribution in [0.1, 0.15) is 38.1 Å². The van der Waals surface area contributed by atoms with E-state index in [1.54, 1.807) is 0 Å². The van der Waals surface area contributed by atoms with Crippen molar-refractivity contribution >= 4 is 0 Å². The summed E-state index contributed by atoms with van der Waals surface area (Å²) in [6, 6.07) is 3.21. The number of piperidine rings is 1. The second-order valence-electron chi connectivity index (χ2n) is 5.33. The van der Waals surface area contributed by atoms with Crippen molar-refractivity contribution in [1.29, 1.82) is 0 Å². The van der Waals surface area contributed by atoms with Crippen LogP contribution in [0.3, 0.4) is 0 Å². The van der Waals surface area contributed by atoms with Gasteiger partial charge in [0.1, 0.15) is 0 Å². The van der Waals surface area contributed by atoms with Gasteiger partial charge in [-0.3, -0.25) is 4.90 Å². The highest BCUT2D eigenvalue weighted by Gasteiger charge is 2.21. The van der Waals surface area contributed by atoms with Crippen LogP contribution < -0.4 is 5.32 Å². The molecular weight excluding hydrogens is 214 g/mol. The van der Waals surface area contributed by atoms with Crippen LogP contribution in [0, 0.1) is 6.92 Å². The highest BCUT2D eigenvalue weighted by molar-refractivity contribution is 5.03. The Morgan fingerprint density at radius 1 is 1.59 bits per heavy atom. The maximum atomic E-state index is 5.27. The molecule has 1 atom stereocenters. The smallest absolute Gasteiger partial charge is 0.150 e. The van der Waals surface area contributed by atoms with Gasteiger partial charge in [0, 0.05) is 24.7 Å². The van der Waals surface area contributed by atoms with E-state index in [1.165, 1.54) is 12.8 Å². The molecule has 1 aromatic heterocycles. The Balaban J connectivity index is 1.85. The number of hydrogen-bond donors (Lipinski definition) is 1. The molecule has 4 heteroatoms. The second kappa shape index (κ2) is 5.65. The summed E-state index contributed by atoms with van der Waals surface area (Å²) in [6.07, 6.45) is 2.54. The maximum absolute atomic E-state index is 5.27. The molecule has 0 aliphatic carbocycles. The van der Waals surface area contributed by atoms with E-state index >= 15 is 0 Å². The Morgan fingerprint density at radius 3 is 3.06 bits per heavy atom. The van der Waals surface area contributed by atoms with Gasteiger partial charge < -0.3 is 9.84 Å². The standard InChI is InChI=1S/C13H23N3O/c1-10(2)14-12-5-4-6-16(8-12)9-13-7-11(3)15-17-13/h7,10,12,14H,4-6,8-9H2,1-3H3. The molecule has 1 fully saturated rings. The highest BCUT2D eigenvalue weighted by atomic mass is 16.5. The van der Waals surface area contributed by atoms with E-state index in [2.05, 4.69) is 29.2 Å². The van der Waals surface area contributed by atoms with E-state index in [9.17, 15) is 0 Å². The van der Waals surface area contributed by atoms with Gasteiger partial charge in [-0.1, -0.05) is 19.0 Å². The van der Waals surface area contributed by atoms with Crippen LogP contribution in [-0.2, 0) is 6.54 Å². The van der Waals surface area contributed by atoms with Gasteiger partial charge in [-0.05, 0) is 26.3 Å². The molecule has 17 heavy (non-hydrogen) atoms. The zero-order valence-corrected chi connectivity index (χ0v) is 11.1. The molecule has 1 aliphatic heterocycles. The summed E-state index contributed by atoms with van der Waals surface area (Å²) in [5.41, 5.74) is 0.967. The Kier molecular flexibility index (Phi) is 4.18. The maximum Gasteiger partial charge on any atom is 0.150 e. The van der Waals surface area contributed by atoms with E-state index in [4.69, 9.17) is 4.52 Å². The Morgan fingerprint density at radius 2 is 2.41 bits per heavy atom. The van der Waals surface area contributed by atoms with Gasteiger partial charge in [-0.2, -0.15) is 0 Å². The summed E-state index contributed by atoms with van der Waals surface area (Å²) < 4.78 is 5.27. The average molecular weight is 237 g/mol. The number of aryl methyl sites for hydroxylation is 1. The zero-order chi connectivity index (χ0) is 12.3. The fourth-order valence-electron chi connectivity index (χ4n) is 2.52. The Bertz CT molecular complexity index is 348. The minimum atomic E-state index is 0.562. The van der Waals surface area contributed by atoms with Crippen molar-refractivity contribution in [3.05, 3.63) is 17.5 Å². The molecule has 4 nitrogen and oxygen atoms in total. The predicted octanol–water partition coefficient (Wildman–Crippen LogP) is 1.95. The molecule has 0 aromatic carbocycles. The van der Waals surface area contributed by atoms with Crippen LogP contribution in [0.2, 0.25) is 0 Å². The molecule has 0 spiro atoms. The summed E-state index contributed by atoms with van der Waals surface area (Å²) >= 11 is 0. The first-order valence-corrected chi connectivity index (χ1v) is 6.54. The van der Waals surface area contributed by atoms with Gasteiger partial charge in [0.05, 0.1) is 12.2 Å². The van der Waals surface area contributed by atoms with E-state index < -0.39 is 0 Å². The van der Waals surface area contributed by atoms with Crippen molar-refractivity contribution in [2.75, 3.05) is 13.1 Å². The lowest BCUT2D eigenvalue weighted by atomic mass is 10.0. The number of rotatable bonds is 4. The number of hydrogen-bond acceptors (Lipinski definition) is 4. The monoisotopic (exact) mass is 237 g/mol. The molecule has 1 N–H and O–H groups in total. The van der Waals surface area contributed by atoms with E-state index in [0.717, 1.165) is 31.1 Å². The van der Waals surface area contributed by atoms with E-state index in [1.807, 2.05) is 13.0 Å². The summed E-state index contributed by atoms with van der Waals surface area (Å²) in [4.78, 5) is 2.45. The average Bonchev–Trinajstić information content (AvgIpc) is 2.63.